The smallest absolute Gasteiger partial charge is 0.277 e. The Hall–Kier alpha value is -0.170. The summed E-state index contributed by atoms with van der Waals surface area (Å²) in [6.45, 7) is 2.06. The van der Waals surface area contributed by atoms with Gasteiger partial charge in [0.15, 0.2) is 0 Å². The fourth-order valence-corrected chi connectivity index (χ4v) is 2.45. The minimum Gasteiger partial charge on any atom is -0.393 e. The minimum atomic E-state index is -3.58. The second-order valence-corrected chi connectivity index (χ2v) is 4.68. The summed E-state index contributed by atoms with van der Waals surface area (Å²) in [4.78, 5) is 0. The maximum Gasteiger partial charge on any atom is 0.277 e. The molecule has 72 valence electrons. The minimum absolute atomic E-state index is 0.191. The zero-order valence-corrected chi connectivity index (χ0v) is 7.79. The van der Waals surface area contributed by atoms with Crippen molar-refractivity contribution in [1.82, 2.24) is 4.31 Å². The third kappa shape index (κ3) is 2.16. The van der Waals surface area contributed by atoms with Crippen LogP contribution in [0.3, 0.4) is 0 Å². The molecule has 0 radical (unpaired) electrons. The molecule has 3 N–H and O–H groups in total. The maximum absolute atomic E-state index is 10.9. The van der Waals surface area contributed by atoms with Crippen LogP contribution in [0.15, 0.2) is 0 Å². The molecule has 1 fully saturated rings. The zero-order chi connectivity index (χ0) is 9.35. The van der Waals surface area contributed by atoms with Gasteiger partial charge in [-0.3, -0.25) is 0 Å². The molecule has 6 heteroatoms. The van der Waals surface area contributed by atoms with Crippen LogP contribution in [0, 0.1) is 0 Å². The third-order valence-electron chi connectivity index (χ3n) is 2.11. The lowest BCUT2D eigenvalue weighted by molar-refractivity contribution is 0.0867. The van der Waals surface area contributed by atoms with Gasteiger partial charge < -0.3 is 5.11 Å². The molecule has 0 aliphatic carbocycles. The van der Waals surface area contributed by atoms with E-state index in [1.54, 1.807) is 6.92 Å². The van der Waals surface area contributed by atoms with Gasteiger partial charge in [-0.05, 0) is 19.8 Å². The molecule has 2 unspecified atom stereocenters. The Morgan fingerprint density at radius 3 is 2.58 bits per heavy atom. The van der Waals surface area contributed by atoms with Crippen molar-refractivity contribution in [2.24, 2.45) is 5.14 Å². The predicted molar refractivity (Wildman–Crippen MR) is 44.5 cm³/mol. The normalized spacial score (nSPS) is 33.6. The van der Waals surface area contributed by atoms with Gasteiger partial charge in [-0.25, -0.2) is 5.14 Å². The number of hydrogen-bond donors (Lipinski definition) is 2. The Labute approximate surface area is 72.3 Å². The van der Waals surface area contributed by atoms with E-state index in [0.717, 1.165) is 0 Å². The highest BCUT2D eigenvalue weighted by molar-refractivity contribution is 7.86. The summed E-state index contributed by atoms with van der Waals surface area (Å²) < 4.78 is 23.1. The van der Waals surface area contributed by atoms with E-state index in [9.17, 15) is 13.5 Å². The first-order valence-electron chi connectivity index (χ1n) is 3.89. The van der Waals surface area contributed by atoms with Crippen LogP contribution in [0.5, 0.6) is 0 Å². The van der Waals surface area contributed by atoms with Crippen LogP contribution < -0.4 is 5.14 Å². The molecule has 5 nitrogen and oxygen atoms in total. The molecule has 0 amide bonds. The topological polar surface area (TPSA) is 83.6 Å². The van der Waals surface area contributed by atoms with Gasteiger partial charge in [-0.15, -0.1) is 0 Å². The Morgan fingerprint density at radius 2 is 2.17 bits per heavy atom. The van der Waals surface area contributed by atoms with E-state index in [1.807, 2.05) is 0 Å². The van der Waals surface area contributed by atoms with E-state index in [-0.39, 0.29) is 6.04 Å². The van der Waals surface area contributed by atoms with E-state index < -0.39 is 16.3 Å². The number of nitrogens with two attached hydrogens (primary N) is 1. The summed E-state index contributed by atoms with van der Waals surface area (Å²) in [5, 5.41) is 14.2. The van der Waals surface area contributed by atoms with Crippen LogP contribution in [0.2, 0.25) is 0 Å². The number of piperidine rings is 1. The van der Waals surface area contributed by atoms with Crippen LogP contribution in [-0.2, 0) is 10.2 Å². The van der Waals surface area contributed by atoms with E-state index >= 15 is 0 Å². The molecule has 0 aromatic heterocycles. The Bertz CT molecular complexity index is 252. The molecule has 0 aromatic carbocycles. The number of aliphatic hydroxyl groups excluding tert-OH is 1. The van der Waals surface area contributed by atoms with E-state index in [1.165, 1.54) is 4.31 Å². The first-order valence-corrected chi connectivity index (χ1v) is 5.39. The zero-order valence-electron chi connectivity index (χ0n) is 6.97. The van der Waals surface area contributed by atoms with Crippen LogP contribution in [-0.4, -0.2) is 36.5 Å². The molecule has 1 aliphatic heterocycles. The van der Waals surface area contributed by atoms with Gasteiger partial charge in [0.2, 0.25) is 0 Å². The first kappa shape index (κ1) is 9.91. The molecule has 1 rings (SSSR count). The molecule has 1 heterocycles. The standard InChI is InChI=1S/C6H14N2O3S/c1-5-4-6(9)2-3-8(5)12(7,10)11/h5-6,9H,2-4H2,1H3,(H2,7,10,11). The monoisotopic (exact) mass is 194 g/mol. The Balaban J connectivity index is 2.69. The number of hydrogen-bond acceptors (Lipinski definition) is 3. The highest BCUT2D eigenvalue weighted by Crippen LogP contribution is 2.18. The summed E-state index contributed by atoms with van der Waals surface area (Å²) in [7, 11) is -3.58. The summed E-state index contributed by atoms with van der Waals surface area (Å²) in [5.41, 5.74) is 0. The summed E-state index contributed by atoms with van der Waals surface area (Å²) in [6, 6.07) is -0.191. The van der Waals surface area contributed by atoms with Gasteiger partial charge in [-0.1, -0.05) is 0 Å². The maximum atomic E-state index is 10.9. The van der Waals surface area contributed by atoms with Crippen molar-refractivity contribution in [3.05, 3.63) is 0 Å². The predicted octanol–water partition coefficient (Wildman–Crippen LogP) is -0.965. The van der Waals surface area contributed by atoms with Crippen LogP contribution in [0.25, 0.3) is 0 Å². The summed E-state index contributed by atoms with van der Waals surface area (Å²) in [5.74, 6) is 0. The molecule has 0 bridgehead atoms. The lowest BCUT2D eigenvalue weighted by Gasteiger charge is -2.33. The number of nitrogens with zero attached hydrogens (tertiary/aromatic N) is 1. The van der Waals surface area contributed by atoms with Crippen molar-refractivity contribution in [3.8, 4) is 0 Å². The van der Waals surface area contributed by atoms with Crippen molar-refractivity contribution in [3.63, 3.8) is 0 Å². The highest BCUT2D eigenvalue weighted by Gasteiger charge is 2.30. The third-order valence-corrected chi connectivity index (χ3v) is 3.31. The van der Waals surface area contributed by atoms with Crippen molar-refractivity contribution < 1.29 is 13.5 Å². The summed E-state index contributed by atoms with van der Waals surface area (Å²) >= 11 is 0. The summed E-state index contributed by atoms with van der Waals surface area (Å²) in [6.07, 6.45) is 0.551. The van der Waals surface area contributed by atoms with Crippen LogP contribution >= 0.6 is 0 Å². The molecule has 2 atom stereocenters. The fraction of sp³-hybridized carbons (Fsp3) is 1.00. The largest absolute Gasteiger partial charge is 0.393 e. The van der Waals surface area contributed by atoms with Crippen molar-refractivity contribution >= 4 is 10.2 Å². The average Bonchev–Trinajstić information content (AvgIpc) is 1.83. The van der Waals surface area contributed by atoms with Gasteiger partial charge in [0.1, 0.15) is 0 Å². The van der Waals surface area contributed by atoms with Gasteiger partial charge >= 0.3 is 0 Å². The van der Waals surface area contributed by atoms with E-state index in [0.29, 0.717) is 19.4 Å². The lowest BCUT2D eigenvalue weighted by Crippen LogP contribution is -2.48. The van der Waals surface area contributed by atoms with Gasteiger partial charge in [0.05, 0.1) is 6.10 Å². The second-order valence-electron chi connectivity index (χ2n) is 3.18. The van der Waals surface area contributed by atoms with E-state index in [2.05, 4.69) is 0 Å². The highest BCUT2D eigenvalue weighted by atomic mass is 32.2. The van der Waals surface area contributed by atoms with Crippen molar-refractivity contribution in [2.45, 2.75) is 31.9 Å². The first-order chi connectivity index (χ1) is 5.41. The molecule has 0 saturated carbocycles. The van der Waals surface area contributed by atoms with Crippen LogP contribution in [0.4, 0.5) is 0 Å². The molecular formula is C6H14N2O3S. The van der Waals surface area contributed by atoms with Crippen molar-refractivity contribution in [1.29, 1.82) is 0 Å². The molecule has 0 spiro atoms. The van der Waals surface area contributed by atoms with Crippen LogP contribution in [0.1, 0.15) is 19.8 Å². The average molecular weight is 194 g/mol. The van der Waals surface area contributed by atoms with Crippen molar-refractivity contribution in [2.75, 3.05) is 6.54 Å². The molecule has 12 heavy (non-hydrogen) atoms. The number of rotatable bonds is 1. The van der Waals surface area contributed by atoms with Gasteiger partial charge in [0, 0.05) is 12.6 Å². The quantitative estimate of drug-likeness (QED) is 0.563. The fourth-order valence-electron chi connectivity index (χ4n) is 1.50. The second kappa shape index (κ2) is 3.29. The molecule has 1 saturated heterocycles. The lowest BCUT2D eigenvalue weighted by atomic mass is 10.0. The molecule has 0 aromatic rings. The molecular weight excluding hydrogens is 180 g/mol. The van der Waals surface area contributed by atoms with Gasteiger partial charge in [0.25, 0.3) is 10.2 Å². The SMILES string of the molecule is CC1CC(O)CCN1S(N)(=O)=O. The Kier molecular flexibility index (Phi) is 2.72. The number of aliphatic hydroxyl groups is 1. The van der Waals surface area contributed by atoms with Gasteiger partial charge in [-0.2, -0.15) is 12.7 Å². The molecule has 1 aliphatic rings. The Morgan fingerprint density at radius 1 is 1.58 bits per heavy atom. The van der Waals surface area contributed by atoms with E-state index in [4.69, 9.17) is 5.14 Å².